The van der Waals surface area contributed by atoms with Crippen LogP contribution in [0.1, 0.15) is 26.3 Å². The third-order valence-corrected chi connectivity index (χ3v) is 6.98. The molecule has 2 aromatic heterocycles. The van der Waals surface area contributed by atoms with Gasteiger partial charge < -0.3 is 0 Å². The number of nitrogens with zero attached hydrogens (tertiary/aromatic N) is 3. The van der Waals surface area contributed by atoms with Crippen molar-refractivity contribution in [2.45, 2.75) is 12.5 Å². The fourth-order valence-corrected chi connectivity index (χ4v) is 5.13. The zero-order valence-corrected chi connectivity index (χ0v) is 18.2. The van der Waals surface area contributed by atoms with E-state index in [2.05, 4.69) is 15.5 Å². The maximum absolute atomic E-state index is 13.3. The minimum atomic E-state index is -1.03. The average Bonchev–Trinajstić information content (AvgIpc) is 3.55. The predicted octanol–water partition coefficient (Wildman–Crippen LogP) is 4.11. The number of aromatic nitrogens is 2. The van der Waals surface area contributed by atoms with Gasteiger partial charge in [0.15, 0.2) is 5.01 Å². The highest BCUT2D eigenvalue weighted by Crippen LogP contribution is 2.31. The average molecular weight is 461 g/mol. The van der Waals surface area contributed by atoms with Crippen LogP contribution >= 0.6 is 22.7 Å². The quantitative estimate of drug-likeness (QED) is 0.437. The molecule has 32 heavy (non-hydrogen) atoms. The van der Waals surface area contributed by atoms with Crippen LogP contribution in [-0.4, -0.2) is 38.9 Å². The van der Waals surface area contributed by atoms with Gasteiger partial charge in [-0.25, -0.2) is 0 Å². The van der Waals surface area contributed by atoms with Crippen LogP contribution in [0.15, 0.2) is 72.1 Å². The first-order chi connectivity index (χ1) is 15.6. The van der Waals surface area contributed by atoms with Gasteiger partial charge in [0.2, 0.25) is 11.0 Å². The number of benzene rings is 2. The fourth-order valence-electron chi connectivity index (χ4n) is 3.59. The van der Waals surface area contributed by atoms with E-state index in [0.29, 0.717) is 21.3 Å². The molecule has 5 rings (SSSR count). The molecule has 0 bridgehead atoms. The maximum Gasteiger partial charge on any atom is 0.262 e. The minimum absolute atomic E-state index is 0.189. The molecule has 3 amide bonds. The van der Waals surface area contributed by atoms with Crippen LogP contribution in [0.5, 0.6) is 0 Å². The molecule has 158 valence electrons. The Morgan fingerprint density at radius 1 is 0.906 bits per heavy atom. The van der Waals surface area contributed by atoms with E-state index in [1.165, 1.54) is 22.7 Å². The molecule has 3 heterocycles. The van der Waals surface area contributed by atoms with Crippen molar-refractivity contribution in [3.8, 4) is 9.88 Å². The van der Waals surface area contributed by atoms with Gasteiger partial charge in [-0.1, -0.05) is 59.9 Å². The number of fused-ring (bicyclic) bond motifs is 1. The standard InChI is InChI=1S/C23H16N4O3S2/c28-19(24-23-26-25-20(32-23)18-11-6-12-31-18)17(13-14-7-2-1-3-8-14)27-21(29)15-9-4-5-10-16(15)22(27)30/h1-12,17H,13H2,(H,24,26,28). The molecule has 1 aliphatic heterocycles. The van der Waals surface area contributed by atoms with E-state index >= 15 is 0 Å². The van der Waals surface area contributed by atoms with E-state index in [9.17, 15) is 14.4 Å². The molecule has 1 unspecified atom stereocenters. The van der Waals surface area contributed by atoms with Gasteiger partial charge in [0, 0.05) is 6.42 Å². The SMILES string of the molecule is O=C(Nc1nnc(-c2cccs2)s1)C(Cc1ccccc1)N1C(=O)c2ccccc2C1=O. The lowest BCUT2D eigenvalue weighted by molar-refractivity contribution is -0.119. The number of rotatable bonds is 6. The number of carbonyl (C=O) groups is 3. The molecule has 7 nitrogen and oxygen atoms in total. The molecular weight excluding hydrogens is 444 g/mol. The molecule has 0 spiro atoms. The lowest BCUT2D eigenvalue weighted by Gasteiger charge is -2.25. The molecule has 0 aliphatic carbocycles. The lowest BCUT2D eigenvalue weighted by atomic mass is 10.0. The highest BCUT2D eigenvalue weighted by molar-refractivity contribution is 7.23. The minimum Gasteiger partial charge on any atom is -0.299 e. The van der Waals surface area contributed by atoms with Crippen molar-refractivity contribution in [3.05, 3.63) is 88.8 Å². The van der Waals surface area contributed by atoms with Crippen LogP contribution in [0.25, 0.3) is 9.88 Å². The van der Waals surface area contributed by atoms with E-state index in [-0.39, 0.29) is 6.42 Å². The van der Waals surface area contributed by atoms with Crippen molar-refractivity contribution in [2.24, 2.45) is 0 Å². The lowest BCUT2D eigenvalue weighted by Crippen LogP contribution is -2.48. The summed E-state index contributed by atoms with van der Waals surface area (Å²) in [7, 11) is 0. The van der Waals surface area contributed by atoms with Crippen molar-refractivity contribution < 1.29 is 14.4 Å². The molecule has 1 atom stereocenters. The molecular formula is C23H16N4O3S2. The highest BCUT2D eigenvalue weighted by atomic mass is 32.1. The third kappa shape index (κ3) is 3.72. The third-order valence-electron chi connectivity index (χ3n) is 5.10. The molecule has 0 fully saturated rings. The molecule has 0 saturated carbocycles. The van der Waals surface area contributed by atoms with Crippen LogP contribution in [0.3, 0.4) is 0 Å². The zero-order valence-electron chi connectivity index (χ0n) is 16.6. The molecule has 9 heteroatoms. The van der Waals surface area contributed by atoms with Gasteiger partial charge >= 0.3 is 0 Å². The molecule has 0 saturated heterocycles. The van der Waals surface area contributed by atoms with Crippen molar-refractivity contribution in [1.29, 1.82) is 0 Å². The molecule has 1 aliphatic rings. The van der Waals surface area contributed by atoms with Crippen LogP contribution in [0.4, 0.5) is 5.13 Å². The highest BCUT2D eigenvalue weighted by Gasteiger charge is 2.42. The number of hydrogen-bond acceptors (Lipinski definition) is 7. The number of thiophene rings is 1. The Balaban J connectivity index is 1.45. The Morgan fingerprint density at radius 2 is 1.59 bits per heavy atom. The number of hydrogen-bond donors (Lipinski definition) is 1. The molecule has 1 N–H and O–H groups in total. The Morgan fingerprint density at radius 3 is 2.25 bits per heavy atom. The van der Waals surface area contributed by atoms with Crippen LogP contribution in [0.2, 0.25) is 0 Å². The number of nitrogens with one attached hydrogen (secondary N) is 1. The van der Waals surface area contributed by atoms with Gasteiger partial charge in [0.25, 0.3) is 11.8 Å². The molecule has 2 aromatic carbocycles. The molecule has 0 radical (unpaired) electrons. The van der Waals surface area contributed by atoms with Gasteiger partial charge in [0.05, 0.1) is 16.0 Å². The van der Waals surface area contributed by atoms with Gasteiger partial charge in [-0.15, -0.1) is 21.5 Å². The smallest absolute Gasteiger partial charge is 0.262 e. The molecule has 4 aromatic rings. The van der Waals surface area contributed by atoms with Crippen molar-refractivity contribution in [2.75, 3.05) is 5.32 Å². The summed E-state index contributed by atoms with van der Waals surface area (Å²) in [4.78, 5) is 41.4. The zero-order chi connectivity index (χ0) is 22.1. The van der Waals surface area contributed by atoms with E-state index in [4.69, 9.17) is 0 Å². The summed E-state index contributed by atoms with van der Waals surface area (Å²) in [5.41, 5.74) is 1.44. The topological polar surface area (TPSA) is 92.3 Å². The number of imide groups is 1. The Hall–Kier alpha value is -3.69. The summed E-state index contributed by atoms with van der Waals surface area (Å²) in [6.45, 7) is 0. The summed E-state index contributed by atoms with van der Waals surface area (Å²) in [6.07, 6.45) is 0.189. The second-order valence-corrected chi connectivity index (χ2v) is 9.04. The summed E-state index contributed by atoms with van der Waals surface area (Å²) in [6, 6.07) is 18.7. The van der Waals surface area contributed by atoms with Crippen LogP contribution in [0, 0.1) is 0 Å². The van der Waals surface area contributed by atoms with Crippen molar-refractivity contribution in [3.63, 3.8) is 0 Å². The van der Waals surface area contributed by atoms with Gasteiger partial charge in [-0.3, -0.25) is 24.6 Å². The Bertz CT molecular complexity index is 1270. The summed E-state index contributed by atoms with van der Waals surface area (Å²) >= 11 is 2.77. The fraction of sp³-hybridized carbons (Fsp3) is 0.0870. The van der Waals surface area contributed by atoms with Gasteiger partial charge in [-0.2, -0.15) is 0 Å². The monoisotopic (exact) mass is 460 g/mol. The van der Waals surface area contributed by atoms with Gasteiger partial charge in [-0.05, 0) is 29.1 Å². The largest absolute Gasteiger partial charge is 0.299 e. The summed E-state index contributed by atoms with van der Waals surface area (Å²) in [5, 5.41) is 13.9. The van der Waals surface area contributed by atoms with E-state index in [0.717, 1.165) is 15.3 Å². The van der Waals surface area contributed by atoms with E-state index in [1.54, 1.807) is 24.3 Å². The summed E-state index contributed by atoms with van der Waals surface area (Å²) < 4.78 is 0. The van der Waals surface area contributed by atoms with E-state index in [1.807, 2.05) is 47.8 Å². The second kappa shape index (κ2) is 8.45. The van der Waals surface area contributed by atoms with Gasteiger partial charge in [0.1, 0.15) is 6.04 Å². The first-order valence-electron chi connectivity index (χ1n) is 9.81. The Labute approximate surface area is 191 Å². The Kier molecular flexibility index (Phi) is 5.34. The second-order valence-electron chi connectivity index (χ2n) is 7.11. The van der Waals surface area contributed by atoms with Crippen LogP contribution in [-0.2, 0) is 11.2 Å². The number of carbonyl (C=O) groups excluding carboxylic acids is 3. The van der Waals surface area contributed by atoms with Crippen molar-refractivity contribution in [1.82, 2.24) is 15.1 Å². The predicted molar refractivity (Wildman–Crippen MR) is 123 cm³/mol. The number of amides is 3. The maximum atomic E-state index is 13.3. The van der Waals surface area contributed by atoms with Crippen LogP contribution < -0.4 is 5.32 Å². The first kappa shape index (κ1) is 20.2. The normalized spacial score (nSPS) is 13.8. The number of anilines is 1. The van der Waals surface area contributed by atoms with E-state index < -0.39 is 23.8 Å². The first-order valence-corrected chi connectivity index (χ1v) is 11.5. The summed E-state index contributed by atoms with van der Waals surface area (Å²) in [5.74, 6) is -1.44. The van der Waals surface area contributed by atoms with Crippen molar-refractivity contribution >= 4 is 45.5 Å².